The summed E-state index contributed by atoms with van der Waals surface area (Å²) in [7, 11) is 1.61. The van der Waals surface area contributed by atoms with Crippen molar-refractivity contribution in [3.8, 4) is 11.9 Å². The highest BCUT2D eigenvalue weighted by atomic mass is 16.5. The molecule has 2 aromatic rings. The highest BCUT2D eigenvalue weighted by Crippen LogP contribution is 2.27. The van der Waals surface area contributed by atoms with Crippen molar-refractivity contribution in [2.24, 2.45) is 5.73 Å². The van der Waals surface area contributed by atoms with Crippen molar-refractivity contribution in [1.29, 1.82) is 5.26 Å². The second-order valence-corrected chi connectivity index (χ2v) is 7.79. The van der Waals surface area contributed by atoms with E-state index in [0.29, 0.717) is 30.5 Å². The molecule has 0 radical (unpaired) electrons. The van der Waals surface area contributed by atoms with E-state index in [9.17, 15) is 10.1 Å². The molecular weight excluding hydrogens is 378 g/mol. The number of amides is 1. The van der Waals surface area contributed by atoms with Crippen LogP contribution in [0, 0.1) is 11.3 Å². The fourth-order valence-electron chi connectivity index (χ4n) is 4.09. The molecule has 0 saturated carbocycles. The Balaban J connectivity index is 1.77. The van der Waals surface area contributed by atoms with Gasteiger partial charge in [-0.3, -0.25) is 9.69 Å². The molecule has 3 rings (SSSR count). The number of pyridine rings is 1. The molecule has 158 valence electrons. The van der Waals surface area contributed by atoms with Crippen LogP contribution >= 0.6 is 0 Å². The maximum Gasteiger partial charge on any atom is 0.218 e. The van der Waals surface area contributed by atoms with Crippen LogP contribution in [0.4, 0.5) is 5.69 Å². The quantitative estimate of drug-likeness (QED) is 0.723. The first-order valence-corrected chi connectivity index (χ1v) is 10.3. The van der Waals surface area contributed by atoms with E-state index in [2.05, 4.69) is 33.8 Å². The van der Waals surface area contributed by atoms with Gasteiger partial charge in [0.25, 0.3) is 0 Å². The number of carbonyl (C=O) groups excluding carboxylic acids is 1. The number of carbonyl (C=O) groups is 1. The van der Waals surface area contributed by atoms with E-state index in [0.717, 1.165) is 37.2 Å². The van der Waals surface area contributed by atoms with Gasteiger partial charge in [-0.25, -0.2) is 4.98 Å². The van der Waals surface area contributed by atoms with Crippen LogP contribution in [0.1, 0.15) is 37.3 Å². The Kier molecular flexibility index (Phi) is 7.26. The van der Waals surface area contributed by atoms with Crippen LogP contribution in [0.2, 0.25) is 0 Å². The second kappa shape index (κ2) is 10.1. The number of likely N-dealkylation sites (tertiary alicyclic amines) is 1. The lowest BCUT2D eigenvalue weighted by molar-refractivity contribution is -0.119. The molecule has 1 amide bonds. The minimum absolute atomic E-state index is 0.159. The Morgan fingerprint density at radius 2 is 2.13 bits per heavy atom. The fourth-order valence-corrected chi connectivity index (χ4v) is 4.09. The van der Waals surface area contributed by atoms with E-state index in [1.807, 2.05) is 36.5 Å². The minimum atomic E-state index is -0.257. The molecule has 0 spiro atoms. The van der Waals surface area contributed by atoms with E-state index in [1.165, 1.54) is 0 Å². The standard InChI is InChI=1S/C23H29N5O2/c1-17(12-22(25)29)27-10-8-20(9-11-27)28(21-6-7-23(30-2)26-15-21)16-19-5-3-4-18(13-19)14-24/h3-7,13,15,17,20H,8-12,16H2,1-2H3,(H2,25,29). The SMILES string of the molecule is COc1ccc(N(Cc2cccc(C#N)c2)C2CCN(C(C)CC(N)=O)CC2)cn1. The van der Waals surface area contributed by atoms with E-state index in [1.54, 1.807) is 7.11 Å². The lowest BCUT2D eigenvalue weighted by Gasteiger charge is -2.41. The fraction of sp³-hybridized carbons (Fsp3) is 0.435. The molecule has 1 atom stereocenters. The number of aromatic nitrogens is 1. The molecule has 2 heterocycles. The molecule has 1 aliphatic rings. The van der Waals surface area contributed by atoms with E-state index in [-0.39, 0.29) is 11.9 Å². The van der Waals surface area contributed by atoms with Gasteiger partial charge in [-0.15, -0.1) is 0 Å². The van der Waals surface area contributed by atoms with Gasteiger partial charge in [0, 0.05) is 44.2 Å². The Morgan fingerprint density at radius 3 is 2.73 bits per heavy atom. The zero-order chi connectivity index (χ0) is 21.5. The van der Waals surface area contributed by atoms with Crippen molar-refractivity contribution in [3.05, 3.63) is 53.7 Å². The van der Waals surface area contributed by atoms with Gasteiger partial charge in [0.05, 0.1) is 30.6 Å². The number of ether oxygens (including phenoxy) is 1. The summed E-state index contributed by atoms with van der Waals surface area (Å²) < 4.78 is 5.20. The molecular formula is C23H29N5O2. The zero-order valence-corrected chi connectivity index (χ0v) is 17.6. The number of hydrogen-bond donors (Lipinski definition) is 1. The number of rotatable bonds is 8. The molecule has 2 N–H and O–H groups in total. The van der Waals surface area contributed by atoms with Gasteiger partial charge in [-0.2, -0.15) is 5.26 Å². The Morgan fingerprint density at radius 1 is 1.37 bits per heavy atom. The van der Waals surface area contributed by atoms with Gasteiger partial charge in [0.15, 0.2) is 0 Å². The van der Waals surface area contributed by atoms with Crippen molar-refractivity contribution in [1.82, 2.24) is 9.88 Å². The number of nitrogens with zero attached hydrogens (tertiary/aromatic N) is 4. The topological polar surface area (TPSA) is 95.5 Å². The highest BCUT2D eigenvalue weighted by molar-refractivity contribution is 5.74. The van der Waals surface area contributed by atoms with Gasteiger partial charge in [-0.05, 0) is 43.5 Å². The first kappa shape index (κ1) is 21.6. The summed E-state index contributed by atoms with van der Waals surface area (Å²) in [6.45, 7) is 4.59. The number of primary amides is 1. The number of hydrogen-bond acceptors (Lipinski definition) is 6. The van der Waals surface area contributed by atoms with Crippen molar-refractivity contribution in [3.63, 3.8) is 0 Å². The second-order valence-electron chi connectivity index (χ2n) is 7.79. The lowest BCUT2D eigenvalue weighted by atomic mass is 9.99. The van der Waals surface area contributed by atoms with Crippen molar-refractivity contribution in [2.75, 3.05) is 25.1 Å². The van der Waals surface area contributed by atoms with Crippen LogP contribution < -0.4 is 15.4 Å². The third-order valence-corrected chi connectivity index (χ3v) is 5.73. The maximum atomic E-state index is 11.3. The molecule has 1 saturated heterocycles. The van der Waals surface area contributed by atoms with Gasteiger partial charge in [-0.1, -0.05) is 12.1 Å². The molecule has 1 aromatic heterocycles. The van der Waals surface area contributed by atoms with Gasteiger partial charge in [0.2, 0.25) is 11.8 Å². The summed E-state index contributed by atoms with van der Waals surface area (Å²) in [6.07, 6.45) is 4.19. The summed E-state index contributed by atoms with van der Waals surface area (Å²) in [5, 5.41) is 9.24. The van der Waals surface area contributed by atoms with Crippen LogP contribution in [-0.2, 0) is 11.3 Å². The zero-order valence-electron chi connectivity index (χ0n) is 17.6. The molecule has 1 fully saturated rings. The number of nitrogens with two attached hydrogens (primary N) is 1. The molecule has 30 heavy (non-hydrogen) atoms. The van der Waals surface area contributed by atoms with Crippen molar-refractivity contribution in [2.45, 2.75) is 44.8 Å². The summed E-state index contributed by atoms with van der Waals surface area (Å²) >= 11 is 0. The minimum Gasteiger partial charge on any atom is -0.481 e. The summed E-state index contributed by atoms with van der Waals surface area (Å²) in [5.74, 6) is 0.327. The first-order valence-electron chi connectivity index (χ1n) is 10.3. The average molecular weight is 408 g/mol. The van der Waals surface area contributed by atoms with E-state index >= 15 is 0 Å². The predicted octanol–water partition coefficient (Wildman–Crippen LogP) is 2.70. The number of methoxy groups -OCH3 is 1. The van der Waals surface area contributed by atoms with Crippen LogP contribution in [0.25, 0.3) is 0 Å². The van der Waals surface area contributed by atoms with Crippen LogP contribution in [0.15, 0.2) is 42.6 Å². The third-order valence-electron chi connectivity index (χ3n) is 5.73. The molecule has 0 bridgehead atoms. The number of piperidine rings is 1. The summed E-state index contributed by atoms with van der Waals surface area (Å²) in [5.41, 5.74) is 8.15. The number of nitriles is 1. The van der Waals surface area contributed by atoms with E-state index in [4.69, 9.17) is 10.5 Å². The van der Waals surface area contributed by atoms with Gasteiger partial charge < -0.3 is 15.4 Å². The highest BCUT2D eigenvalue weighted by Gasteiger charge is 2.28. The Bertz CT molecular complexity index is 885. The first-order chi connectivity index (χ1) is 14.5. The molecule has 1 aromatic carbocycles. The van der Waals surface area contributed by atoms with Gasteiger partial charge >= 0.3 is 0 Å². The lowest BCUT2D eigenvalue weighted by Crippen LogP contribution is -2.48. The van der Waals surface area contributed by atoms with Crippen LogP contribution in [-0.4, -0.2) is 48.1 Å². The smallest absolute Gasteiger partial charge is 0.218 e. The summed E-state index contributed by atoms with van der Waals surface area (Å²) in [4.78, 5) is 20.3. The molecule has 1 aliphatic heterocycles. The predicted molar refractivity (Wildman–Crippen MR) is 116 cm³/mol. The number of anilines is 1. The monoisotopic (exact) mass is 407 g/mol. The molecule has 7 heteroatoms. The summed E-state index contributed by atoms with van der Waals surface area (Å²) in [6, 6.07) is 14.3. The average Bonchev–Trinajstić information content (AvgIpc) is 2.77. The largest absolute Gasteiger partial charge is 0.481 e. The van der Waals surface area contributed by atoms with Crippen molar-refractivity contribution >= 4 is 11.6 Å². The van der Waals surface area contributed by atoms with Crippen LogP contribution in [0.5, 0.6) is 5.88 Å². The maximum absolute atomic E-state index is 11.3. The van der Waals surface area contributed by atoms with Crippen LogP contribution in [0.3, 0.4) is 0 Å². The van der Waals surface area contributed by atoms with Crippen molar-refractivity contribution < 1.29 is 9.53 Å². The molecule has 0 aliphatic carbocycles. The normalized spacial score (nSPS) is 15.9. The van der Waals surface area contributed by atoms with Gasteiger partial charge in [0.1, 0.15) is 0 Å². The van der Waals surface area contributed by atoms with E-state index < -0.39 is 0 Å². The Labute approximate surface area is 178 Å². The molecule has 1 unspecified atom stereocenters. The third kappa shape index (κ3) is 5.49. The number of benzene rings is 1. The molecule has 7 nitrogen and oxygen atoms in total. The Hall–Kier alpha value is -3.11.